The molecule has 0 saturated carbocycles. The Morgan fingerprint density at radius 2 is 1.61 bits per heavy atom. The van der Waals surface area contributed by atoms with E-state index in [1.54, 1.807) is 30.3 Å². The zero-order chi connectivity index (χ0) is 20.0. The van der Waals surface area contributed by atoms with Crippen LogP contribution in [0, 0.1) is 0 Å². The van der Waals surface area contributed by atoms with Gasteiger partial charge in [0, 0.05) is 13.1 Å². The fourth-order valence-corrected chi connectivity index (χ4v) is 4.20. The van der Waals surface area contributed by atoms with E-state index in [2.05, 4.69) is 22.3 Å². The van der Waals surface area contributed by atoms with Gasteiger partial charge in [0.05, 0.1) is 11.9 Å². The molecule has 0 atom stereocenters. The van der Waals surface area contributed by atoms with Crippen LogP contribution in [0.15, 0.2) is 54.6 Å². The molecule has 2 aromatic rings. The predicted octanol–water partition coefficient (Wildman–Crippen LogP) is 2.36. The molecule has 150 valence electrons. The Bertz CT molecular complexity index is 877. The lowest BCUT2D eigenvalue weighted by Crippen LogP contribution is -2.40. The molecule has 0 bridgehead atoms. The van der Waals surface area contributed by atoms with Crippen LogP contribution < -0.4 is 9.62 Å². The summed E-state index contributed by atoms with van der Waals surface area (Å²) in [5, 5.41) is 2.81. The molecular weight excluding hydrogens is 374 g/mol. The molecule has 2 aromatic carbocycles. The molecular formula is C21H27N3O3S. The van der Waals surface area contributed by atoms with E-state index in [-0.39, 0.29) is 12.5 Å². The number of hydrogen-bond donors (Lipinski definition) is 1. The largest absolute Gasteiger partial charge is 0.350 e. The van der Waals surface area contributed by atoms with Crippen molar-refractivity contribution in [1.29, 1.82) is 0 Å². The second-order valence-corrected chi connectivity index (χ2v) is 9.09. The zero-order valence-electron chi connectivity index (χ0n) is 16.2. The summed E-state index contributed by atoms with van der Waals surface area (Å²) in [6.45, 7) is 3.42. The van der Waals surface area contributed by atoms with Crippen molar-refractivity contribution in [3.63, 3.8) is 0 Å². The van der Waals surface area contributed by atoms with Gasteiger partial charge in [-0.1, -0.05) is 42.5 Å². The first-order valence-corrected chi connectivity index (χ1v) is 11.4. The van der Waals surface area contributed by atoms with Gasteiger partial charge in [-0.2, -0.15) is 0 Å². The highest BCUT2D eigenvalue weighted by atomic mass is 32.2. The average Bonchev–Trinajstić information content (AvgIpc) is 3.18. The van der Waals surface area contributed by atoms with Crippen LogP contribution in [0.2, 0.25) is 0 Å². The smallest absolute Gasteiger partial charge is 0.241 e. The number of nitrogens with one attached hydrogen (secondary N) is 1. The van der Waals surface area contributed by atoms with Crippen LogP contribution in [-0.4, -0.2) is 45.1 Å². The summed E-state index contributed by atoms with van der Waals surface area (Å²) in [5.74, 6) is -0.338. The molecule has 3 rings (SSSR count). The van der Waals surface area contributed by atoms with Crippen molar-refractivity contribution >= 4 is 21.6 Å². The number of carbonyl (C=O) groups is 1. The Hall–Kier alpha value is -2.38. The Morgan fingerprint density at radius 3 is 2.21 bits per heavy atom. The van der Waals surface area contributed by atoms with Crippen molar-refractivity contribution in [2.24, 2.45) is 0 Å². The maximum atomic E-state index is 12.3. The second-order valence-electron chi connectivity index (χ2n) is 7.18. The van der Waals surface area contributed by atoms with Crippen molar-refractivity contribution < 1.29 is 13.2 Å². The number of benzene rings is 2. The quantitative estimate of drug-likeness (QED) is 0.737. The maximum Gasteiger partial charge on any atom is 0.241 e. The van der Waals surface area contributed by atoms with Crippen LogP contribution in [0.4, 0.5) is 5.69 Å². The summed E-state index contributed by atoms with van der Waals surface area (Å²) < 4.78 is 25.2. The fourth-order valence-electron chi connectivity index (χ4n) is 3.34. The van der Waals surface area contributed by atoms with E-state index in [4.69, 9.17) is 0 Å². The average molecular weight is 402 g/mol. The Morgan fingerprint density at radius 1 is 1.00 bits per heavy atom. The lowest BCUT2D eigenvalue weighted by atomic mass is 10.1. The highest BCUT2D eigenvalue weighted by molar-refractivity contribution is 7.92. The molecule has 0 radical (unpaired) electrons. The van der Waals surface area contributed by atoms with Gasteiger partial charge >= 0.3 is 0 Å². The van der Waals surface area contributed by atoms with E-state index < -0.39 is 10.0 Å². The molecule has 1 aliphatic rings. The third-order valence-corrected chi connectivity index (χ3v) is 5.99. The fraction of sp³-hybridized carbons (Fsp3) is 0.381. The van der Waals surface area contributed by atoms with Gasteiger partial charge in [0.2, 0.25) is 15.9 Å². The van der Waals surface area contributed by atoms with E-state index in [0.717, 1.165) is 35.8 Å². The number of anilines is 1. The number of para-hydroxylation sites is 1. The minimum atomic E-state index is -3.55. The minimum absolute atomic E-state index is 0.240. The maximum absolute atomic E-state index is 12.3. The van der Waals surface area contributed by atoms with Gasteiger partial charge < -0.3 is 5.32 Å². The van der Waals surface area contributed by atoms with Crippen molar-refractivity contribution in [3.8, 4) is 0 Å². The van der Waals surface area contributed by atoms with Crippen molar-refractivity contribution in [2.45, 2.75) is 25.9 Å². The van der Waals surface area contributed by atoms with E-state index in [1.165, 1.54) is 18.4 Å². The molecule has 1 fully saturated rings. The molecule has 1 aliphatic heterocycles. The molecule has 0 aromatic heterocycles. The van der Waals surface area contributed by atoms with Gasteiger partial charge in [-0.15, -0.1) is 0 Å². The second kappa shape index (κ2) is 9.21. The normalized spacial score (nSPS) is 14.8. The number of likely N-dealkylation sites (tertiary alicyclic amines) is 1. The summed E-state index contributed by atoms with van der Waals surface area (Å²) in [4.78, 5) is 14.8. The zero-order valence-corrected chi connectivity index (χ0v) is 17.0. The lowest BCUT2D eigenvalue weighted by molar-refractivity contribution is -0.119. The van der Waals surface area contributed by atoms with Crippen LogP contribution in [0.1, 0.15) is 24.0 Å². The van der Waals surface area contributed by atoms with Gasteiger partial charge in [0.1, 0.15) is 6.54 Å². The number of nitrogens with zero attached hydrogens (tertiary/aromatic N) is 2. The molecule has 0 spiro atoms. The van der Waals surface area contributed by atoms with Crippen LogP contribution >= 0.6 is 0 Å². The van der Waals surface area contributed by atoms with Gasteiger partial charge in [-0.05, 0) is 49.2 Å². The number of amides is 1. The highest BCUT2D eigenvalue weighted by Crippen LogP contribution is 2.16. The summed E-state index contributed by atoms with van der Waals surface area (Å²) in [5.41, 5.74) is 2.74. The van der Waals surface area contributed by atoms with Crippen molar-refractivity contribution in [1.82, 2.24) is 10.2 Å². The molecule has 0 aliphatic carbocycles. The summed E-state index contributed by atoms with van der Waals surface area (Å²) in [7, 11) is -3.55. The molecule has 1 N–H and O–H groups in total. The Balaban J connectivity index is 1.54. The van der Waals surface area contributed by atoms with Crippen LogP contribution in [0.5, 0.6) is 0 Å². The van der Waals surface area contributed by atoms with E-state index in [0.29, 0.717) is 12.2 Å². The molecule has 1 saturated heterocycles. The van der Waals surface area contributed by atoms with Crippen LogP contribution in [0.25, 0.3) is 0 Å². The van der Waals surface area contributed by atoms with Crippen molar-refractivity contribution in [3.05, 3.63) is 65.7 Å². The molecule has 0 unspecified atom stereocenters. The molecule has 1 amide bonds. The van der Waals surface area contributed by atoms with E-state index in [9.17, 15) is 13.2 Å². The van der Waals surface area contributed by atoms with Crippen molar-refractivity contribution in [2.75, 3.05) is 30.2 Å². The number of sulfonamides is 1. The number of rotatable bonds is 8. The first kappa shape index (κ1) is 20.4. The first-order chi connectivity index (χ1) is 13.4. The van der Waals surface area contributed by atoms with Gasteiger partial charge in [-0.25, -0.2) is 8.42 Å². The topological polar surface area (TPSA) is 69.7 Å². The lowest BCUT2D eigenvalue weighted by Gasteiger charge is -2.21. The van der Waals surface area contributed by atoms with E-state index >= 15 is 0 Å². The SMILES string of the molecule is CS(=O)(=O)N(CC(=O)NCc1ccc(CN2CCCC2)cc1)c1ccccc1. The highest BCUT2D eigenvalue weighted by Gasteiger charge is 2.20. The summed E-state index contributed by atoms with van der Waals surface area (Å²) in [6, 6.07) is 16.8. The minimum Gasteiger partial charge on any atom is -0.350 e. The van der Waals surface area contributed by atoms with Gasteiger partial charge in [0.15, 0.2) is 0 Å². The predicted molar refractivity (Wildman–Crippen MR) is 111 cm³/mol. The monoisotopic (exact) mass is 401 g/mol. The molecule has 28 heavy (non-hydrogen) atoms. The Labute approximate surface area is 167 Å². The van der Waals surface area contributed by atoms with Crippen LogP contribution in [0.3, 0.4) is 0 Å². The Kier molecular flexibility index (Phi) is 6.70. The summed E-state index contributed by atoms with van der Waals surface area (Å²) >= 11 is 0. The molecule has 7 heteroatoms. The third kappa shape index (κ3) is 5.81. The third-order valence-electron chi connectivity index (χ3n) is 4.85. The van der Waals surface area contributed by atoms with Gasteiger partial charge in [0.25, 0.3) is 0 Å². The number of hydrogen-bond acceptors (Lipinski definition) is 4. The van der Waals surface area contributed by atoms with Gasteiger partial charge in [-0.3, -0.25) is 14.0 Å². The van der Waals surface area contributed by atoms with Crippen LogP contribution in [-0.2, 0) is 27.9 Å². The number of carbonyl (C=O) groups excluding carboxylic acids is 1. The standard InChI is InChI=1S/C21H27N3O3S/c1-28(26,27)24(20-7-3-2-4-8-20)17-21(25)22-15-18-9-11-19(12-10-18)16-23-13-5-6-14-23/h2-4,7-12H,5-6,13-17H2,1H3,(H,22,25). The molecule has 6 nitrogen and oxygen atoms in total. The first-order valence-electron chi connectivity index (χ1n) is 9.51. The molecule has 1 heterocycles. The van der Waals surface area contributed by atoms with E-state index in [1.807, 2.05) is 12.1 Å². The summed E-state index contributed by atoms with van der Waals surface area (Å²) in [6.07, 6.45) is 3.65.